The van der Waals surface area contributed by atoms with E-state index in [9.17, 15) is 9.90 Å². The summed E-state index contributed by atoms with van der Waals surface area (Å²) in [5.41, 5.74) is 7.34. The Bertz CT molecular complexity index is 1160. The van der Waals surface area contributed by atoms with Gasteiger partial charge in [-0.05, 0) is 67.8 Å². The van der Waals surface area contributed by atoms with Gasteiger partial charge in [0.15, 0.2) is 5.96 Å². The number of hydrogen-bond donors (Lipinski definition) is 2. The number of rotatable bonds is 5. The van der Waals surface area contributed by atoms with Crippen molar-refractivity contribution in [3.05, 3.63) is 94.5 Å². The Kier molecular flexibility index (Phi) is 7.16. The highest BCUT2D eigenvalue weighted by atomic mass is 16.4. The summed E-state index contributed by atoms with van der Waals surface area (Å²) in [5, 5.41) is 12.6. The summed E-state index contributed by atoms with van der Waals surface area (Å²) in [7, 11) is 0. The van der Waals surface area contributed by atoms with Crippen LogP contribution in [0.5, 0.6) is 0 Å². The predicted molar refractivity (Wildman–Crippen MR) is 139 cm³/mol. The molecule has 1 saturated heterocycles. The number of carboxylic acid groups (broad SMARTS) is 1. The first kappa shape index (κ1) is 23.4. The van der Waals surface area contributed by atoms with Crippen LogP contribution < -0.4 is 10.2 Å². The Morgan fingerprint density at radius 2 is 1.53 bits per heavy atom. The molecule has 0 saturated carbocycles. The van der Waals surface area contributed by atoms with E-state index in [0.29, 0.717) is 6.54 Å². The lowest BCUT2D eigenvalue weighted by Gasteiger charge is -2.38. The van der Waals surface area contributed by atoms with E-state index in [4.69, 9.17) is 4.99 Å². The van der Waals surface area contributed by atoms with E-state index in [-0.39, 0.29) is 5.56 Å². The van der Waals surface area contributed by atoms with E-state index in [1.807, 2.05) is 0 Å². The van der Waals surface area contributed by atoms with Crippen LogP contribution in [0, 0.1) is 20.8 Å². The molecule has 0 aliphatic carbocycles. The van der Waals surface area contributed by atoms with E-state index >= 15 is 0 Å². The quantitative estimate of drug-likeness (QED) is 0.413. The maximum atomic E-state index is 11.2. The summed E-state index contributed by atoms with van der Waals surface area (Å²) in [6.07, 6.45) is 0. The SMILES string of the molecule is Cc1ccc(CN=C(Nc2ccc(C(=O)O)cc2)N2CCN(c3cc(C)ccc3C)CC2)cc1. The Balaban J connectivity index is 1.51. The topological polar surface area (TPSA) is 68.2 Å². The minimum absolute atomic E-state index is 0.269. The van der Waals surface area contributed by atoms with Gasteiger partial charge in [-0.3, -0.25) is 0 Å². The molecule has 34 heavy (non-hydrogen) atoms. The number of aliphatic imine (C=N–C) groups is 1. The van der Waals surface area contributed by atoms with Gasteiger partial charge in [0.1, 0.15) is 0 Å². The van der Waals surface area contributed by atoms with Crippen molar-refractivity contribution in [2.24, 2.45) is 4.99 Å². The highest BCUT2D eigenvalue weighted by molar-refractivity contribution is 5.95. The third-order valence-electron chi connectivity index (χ3n) is 6.20. The van der Waals surface area contributed by atoms with E-state index in [2.05, 4.69) is 78.4 Å². The number of aromatic carboxylic acids is 1. The number of benzene rings is 3. The molecule has 0 unspecified atom stereocenters. The van der Waals surface area contributed by atoms with Crippen LogP contribution in [0.1, 0.15) is 32.6 Å². The zero-order chi connectivity index (χ0) is 24.1. The molecule has 176 valence electrons. The van der Waals surface area contributed by atoms with Crippen molar-refractivity contribution in [1.82, 2.24) is 4.90 Å². The predicted octanol–water partition coefficient (Wildman–Crippen LogP) is 5.10. The van der Waals surface area contributed by atoms with Crippen molar-refractivity contribution >= 4 is 23.3 Å². The molecular weight excluding hydrogens is 424 g/mol. The molecule has 0 bridgehead atoms. The highest BCUT2D eigenvalue weighted by Crippen LogP contribution is 2.23. The van der Waals surface area contributed by atoms with Gasteiger partial charge in [-0.2, -0.15) is 0 Å². The number of carbonyl (C=O) groups is 1. The van der Waals surface area contributed by atoms with E-state index < -0.39 is 5.97 Å². The van der Waals surface area contributed by atoms with Crippen LogP contribution in [0.3, 0.4) is 0 Å². The van der Waals surface area contributed by atoms with Crippen LogP contribution in [-0.2, 0) is 6.54 Å². The van der Waals surface area contributed by atoms with Crippen molar-refractivity contribution in [2.45, 2.75) is 27.3 Å². The van der Waals surface area contributed by atoms with Crippen molar-refractivity contribution < 1.29 is 9.90 Å². The molecule has 1 aliphatic rings. The fourth-order valence-corrected chi connectivity index (χ4v) is 4.12. The lowest BCUT2D eigenvalue weighted by atomic mass is 10.1. The normalized spacial score (nSPS) is 14.3. The monoisotopic (exact) mass is 456 g/mol. The van der Waals surface area contributed by atoms with Gasteiger partial charge in [-0.1, -0.05) is 42.0 Å². The maximum Gasteiger partial charge on any atom is 0.335 e. The largest absolute Gasteiger partial charge is 0.478 e. The minimum Gasteiger partial charge on any atom is -0.478 e. The molecule has 0 amide bonds. The molecular formula is C28H32N4O2. The molecule has 1 heterocycles. The number of guanidine groups is 1. The van der Waals surface area contributed by atoms with Gasteiger partial charge in [-0.15, -0.1) is 0 Å². The smallest absolute Gasteiger partial charge is 0.335 e. The fraction of sp³-hybridized carbons (Fsp3) is 0.286. The van der Waals surface area contributed by atoms with E-state index in [1.165, 1.54) is 22.4 Å². The van der Waals surface area contributed by atoms with Gasteiger partial charge in [0.05, 0.1) is 12.1 Å². The molecule has 0 radical (unpaired) electrons. The lowest BCUT2D eigenvalue weighted by molar-refractivity contribution is 0.0697. The van der Waals surface area contributed by atoms with Gasteiger partial charge >= 0.3 is 5.97 Å². The third kappa shape index (κ3) is 5.76. The first-order valence-corrected chi connectivity index (χ1v) is 11.7. The summed E-state index contributed by atoms with van der Waals surface area (Å²) in [5.74, 6) is -0.119. The van der Waals surface area contributed by atoms with Gasteiger partial charge in [-0.25, -0.2) is 9.79 Å². The van der Waals surface area contributed by atoms with Crippen molar-refractivity contribution in [1.29, 1.82) is 0 Å². The van der Waals surface area contributed by atoms with Gasteiger partial charge in [0.25, 0.3) is 0 Å². The third-order valence-corrected chi connectivity index (χ3v) is 6.20. The fourth-order valence-electron chi connectivity index (χ4n) is 4.12. The number of piperazine rings is 1. The molecule has 3 aromatic carbocycles. The molecule has 1 aliphatic heterocycles. The van der Waals surface area contributed by atoms with Crippen molar-refractivity contribution in [2.75, 3.05) is 36.4 Å². The van der Waals surface area contributed by atoms with Gasteiger partial charge < -0.3 is 20.2 Å². The molecule has 0 spiro atoms. The first-order valence-electron chi connectivity index (χ1n) is 11.7. The van der Waals surface area contributed by atoms with Crippen molar-refractivity contribution in [3.8, 4) is 0 Å². The van der Waals surface area contributed by atoms with E-state index in [0.717, 1.165) is 43.4 Å². The molecule has 0 aromatic heterocycles. The summed E-state index contributed by atoms with van der Waals surface area (Å²) in [4.78, 5) is 20.8. The number of nitrogens with zero attached hydrogens (tertiary/aromatic N) is 3. The molecule has 6 nitrogen and oxygen atoms in total. The van der Waals surface area contributed by atoms with Crippen LogP contribution in [0.25, 0.3) is 0 Å². The average Bonchev–Trinajstić information content (AvgIpc) is 2.85. The molecule has 6 heteroatoms. The minimum atomic E-state index is -0.928. The van der Waals surface area contributed by atoms with E-state index in [1.54, 1.807) is 24.3 Å². The second-order valence-corrected chi connectivity index (χ2v) is 8.90. The van der Waals surface area contributed by atoms with Crippen LogP contribution in [-0.4, -0.2) is 48.1 Å². The lowest BCUT2D eigenvalue weighted by Crippen LogP contribution is -2.51. The standard InChI is InChI=1S/C28H32N4O2/c1-20-5-8-23(9-6-20)19-29-28(30-25-12-10-24(11-13-25)27(33)34)32-16-14-31(15-17-32)26-18-21(2)4-7-22(26)3/h4-13,18H,14-17,19H2,1-3H3,(H,29,30)(H,33,34). The van der Waals surface area contributed by atoms with Gasteiger partial charge in [0, 0.05) is 37.6 Å². The Hall–Kier alpha value is -3.80. The Labute approximate surface area is 201 Å². The average molecular weight is 457 g/mol. The number of aryl methyl sites for hydroxylation is 3. The number of hydrogen-bond acceptors (Lipinski definition) is 3. The molecule has 1 fully saturated rings. The Morgan fingerprint density at radius 1 is 0.882 bits per heavy atom. The first-order chi connectivity index (χ1) is 16.4. The number of carboxylic acids is 1. The van der Waals surface area contributed by atoms with Crippen LogP contribution in [0.4, 0.5) is 11.4 Å². The number of anilines is 2. The van der Waals surface area contributed by atoms with Crippen LogP contribution >= 0.6 is 0 Å². The zero-order valence-corrected chi connectivity index (χ0v) is 20.1. The number of nitrogens with one attached hydrogen (secondary N) is 1. The molecule has 3 aromatic rings. The molecule has 4 rings (SSSR count). The molecule has 2 N–H and O–H groups in total. The highest BCUT2D eigenvalue weighted by Gasteiger charge is 2.21. The summed E-state index contributed by atoms with van der Waals surface area (Å²) in [6, 6.07) is 21.8. The summed E-state index contributed by atoms with van der Waals surface area (Å²) < 4.78 is 0. The van der Waals surface area contributed by atoms with Crippen LogP contribution in [0.2, 0.25) is 0 Å². The zero-order valence-electron chi connectivity index (χ0n) is 20.1. The maximum absolute atomic E-state index is 11.2. The van der Waals surface area contributed by atoms with Crippen LogP contribution in [0.15, 0.2) is 71.7 Å². The van der Waals surface area contributed by atoms with Gasteiger partial charge in [0.2, 0.25) is 0 Å². The second kappa shape index (κ2) is 10.4. The second-order valence-electron chi connectivity index (χ2n) is 8.90. The Morgan fingerprint density at radius 3 is 2.18 bits per heavy atom. The van der Waals surface area contributed by atoms with Crippen molar-refractivity contribution in [3.63, 3.8) is 0 Å². The summed E-state index contributed by atoms with van der Waals surface area (Å²) in [6.45, 7) is 10.5. The summed E-state index contributed by atoms with van der Waals surface area (Å²) >= 11 is 0. The molecule has 0 atom stereocenters.